The third-order valence-corrected chi connectivity index (χ3v) is 4.96. The second-order valence-electron chi connectivity index (χ2n) is 5.42. The summed E-state index contributed by atoms with van der Waals surface area (Å²) in [5, 5.41) is 3.98. The molecule has 0 spiro atoms. The normalized spacial score (nSPS) is 10.8. The summed E-state index contributed by atoms with van der Waals surface area (Å²) in [5.74, 6) is 0.436. The largest absolute Gasteiger partial charge is 0.484 e. The van der Waals surface area contributed by atoms with Gasteiger partial charge in [0.1, 0.15) is 5.75 Å². The zero-order valence-electron chi connectivity index (χ0n) is 13.4. The molecule has 0 aliphatic rings. The van der Waals surface area contributed by atoms with E-state index in [2.05, 4.69) is 17.2 Å². The van der Waals surface area contributed by atoms with E-state index in [0.717, 1.165) is 22.2 Å². The van der Waals surface area contributed by atoms with Gasteiger partial charge in [0.05, 0.1) is 10.2 Å². The second kappa shape index (κ2) is 7.20. The van der Waals surface area contributed by atoms with Crippen molar-refractivity contribution in [2.75, 3.05) is 11.9 Å². The fourth-order valence-corrected chi connectivity index (χ4v) is 3.35. The van der Waals surface area contributed by atoms with Gasteiger partial charge in [0, 0.05) is 5.02 Å². The molecule has 1 amide bonds. The Labute approximate surface area is 149 Å². The quantitative estimate of drug-likeness (QED) is 0.708. The summed E-state index contributed by atoms with van der Waals surface area (Å²) in [4.78, 5) is 16.4. The Morgan fingerprint density at radius 2 is 2.04 bits per heavy atom. The molecule has 0 fully saturated rings. The highest BCUT2D eigenvalue weighted by Crippen LogP contribution is 2.30. The van der Waals surface area contributed by atoms with Crippen LogP contribution < -0.4 is 10.1 Å². The molecule has 0 saturated heterocycles. The predicted octanol–water partition coefficient (Wildman–Crippen LogP) is 4.84. The highest BCUT2D eigenvalue weighted by Gasteiger charge is 2.10. The molecular weight excluding hydrogens is 344 g/mol. The zero-order chi connectivity index (χ0) is 17.1. The van der Waals surface area contributed by atoms with Crippen molar-refractivity contribution in [1.82, 2.24) is 4.98 Å². The third kappa shape index (κ3) is 3.86. The van der Waals surface area contributed by atoms with Gasteiger partial charge in [0.25, 0.3) is 5.91 Å². The number of nitrogens with one attached hydrogen (secondary N) is 1. The second-order valence-corrected chi connectivity index (χ2v) is 6.86. The maximum Gasteiger partial charge on any atom is 0.264 e. The van der Waals surface area contributed by atoms with Crippen LogP contribution in [0.25, 0.3) is 10.2 Å². The molecule has 0 saturated carbocycles. The number of anilines is 1. The maximum atomic E-state index is 12.0. The molecule has 4 nitrogen and oxygen atoms in total. The van der Waals surface area contributed by atoms with Gasteiger partial charge in [-0.3, -0.25) is 10.1 Å². The first-order valence-electron chi connectivity index (χ1n) is 7.63. The maximum absolute atomic E-state index is 12.0. The van der Waals surface area contributed by atoms with Crippen LogP contribution in [-0.4, -0.2) is 17.5 Å². The monoisotopic (exact) mass is 360 g/mol. The van der Waals surface area contributed by atoms with E-state index in [1.165, 1.54) is 16.9 Å². The van der Waals surface area contributed by atoms with Gasteiger partial charge in [-0.25, -0.2) is 4.98 Å². The summed E-state index contributed by atoms with van der Waals surface area (Å²) in [5.41, 5.74) is 3.00. The summed E-state index contributed by atoms with van der Waals surface area (Å²) < 4.78 is 6.48. The van der Waals surface area contributed by atoms with Crippen molar-refractivity contribution in [3.8, 4) is 5.75 Å². The average Bonchev–Trinajstić information content (AvgIpc) is 2.94. The van der Waals surface area contributed by atoms with E-state index in [-0.39, 0.29) is 12.5 Å². The number of carbonyl (C=O) groups is 1. The van der Waals surface area contributed by atoms with Gasteiger partial charge in [0.2, 0.25) is 0 Å². The number of halogens is 1. The fraction of sp³-hybridized carbons (Fsp3) is 0.222. The highest BCUT2D eigenvalue weighted by atomic mass is 35.5. The van der Waals surface area contributed by atoms with Crippen molar-refractivity contribution in [2.24, 2.45) is 0 Å². The third-order valence-electron chi connectivity index (χ3n) is 3.62. The summed E-state index contributed by atoms with van der Waals surface area (Å²) in [7, 11) is 0. The molecular formula is C18H17ClN2O2S. The fourth-order valence-electron chi connectivity index (χ4n) is 2.23. The van der Waals surface area contributed by atoms with Crippen molar-refractivity contribution < 1.29 is 9.53 Å². The van der Waals surface area contributed by atoms with E-state index in [1.54, 1.807) is 0 Å². The lowest BCUT2D eigenvalue weighted by atomic mass is 10.2. The van der Waals surface area contributed by atoms with Crippen LogP contribution in [-0.2, 0) is 11.2 Å². The average molecular weight is 361 g/mol. The minimum Gasteiger partial charge on any atom is -0.484 e. The minimum absolute atomic E-state index is 0.0544. The van der Waals surface area contributed by atoms with E-state index < -0.39 is 0 Å². The molecule has 24 heavy (non-hydrogen) atoms. The van der Waals surface area contributed by atoms with Crippen LogP contribution in [0, 0.1) is 6.92 Å². The molecule has 0 bridgehead atoms. The van der Waals surface area contributed by atoms with E-state index >= 15 is 0 Å². The van der Waals surface area contributed by atoms with E-state index in [1.807, 2.05) is 43.3 Å². The van der Waals surface area contributed by atoms with Gasteiger partial charge in [-0.05, 0) is 48.7 Å². The first kappa shape index (κ1) is 16.7. The Balaban J connectivity index is 1.61. The zero-order valence-corrected chi connectivity index (χ0v) is 15.0. The van der Waals surface area contributed by atoms with E-state index in [9.17, 15) is 4.79 Å². The van der Waals surface area contributed by atoms with Gasteiger partial charge in [-0.2, -0.15) is 0 Å². The van der Waals surface area contributed by atoms with Crippen LogP contribution in [0.4, 0.5) is 5.13 Å². The van der Waals surface area contributed by atoms with Crippen LogP contribution in [0.15, 0.2) is 36.4 Å². The Morgan fingerprint density at radius 3 is 2.75 bits per heavy atom. The number of nitrogens with zero attached hydrogens (tertiary/aromatic N) is 1. The van der Waals surface area contributed by atoms with Gasteiger partial charge >= 0.3 is 0 Å². The molecule has 0 atom stereocenters. The van der Waals surface area contributed by atoms with Crippen molar-refractivity contribution in [3.63, 3.8) is 0 Å². The summed E-state index contributed by atoms with van der Waals surface area (Å²) in [6.45, 7) is 3.98. The highest BCUT2D eigenvalue weighted by molar-refractivity contribution is 7.22. The number of fused-ring (bicyclic) bond motifs is 1. The number of rotatable bonds is 5. The van der Waals surface area contributed by atoms with Gasteiger partial charge in [-0.1, -0.05) is 42.0 Å². The number of hydrogen-bond acceptors (Lipinski definition) is 4. The van der Waals surface area contributed by atoms with Crippen molar-refractivity contribution in [2.45, 2.75) is 20.3 Å². The van der Waals surface area contributed by atoms with Crippen molar-refractivity contribution in [1.29, 1.82) is 0 Å². The number of benzene rings is 2. The molecule has 3 aromatic rings. The smallest absolute Gasteiger partial charge is 0.264 e. The Hall–Kier alpha value is -2.11. The van der Waals surface area contributed by atoms with E-state index in [0.29, 0.717) is 15.9 Å². The molecule has 0 aliphatic carbocycles. The summed E-state index contributed by atoms with van der Waals surface area (Å²) in [6.07, 6.45) is 0.974. The molecule has 1 N–H and O–H groups in total. The van der Waals surface area contributed by atoms with Crippen LogP contribution in [0.2, 0.25) is 5.02 Å². The van der Waals surface area contributed by atoms with Crippen molar-refractivity contribution >= 4 is 44.2 Å². The summed E-state index contributed by atoms with van der Waals surface area (Å²) >= 11 is 7.52. The molecule has 1 heterocycles. The number of carbonyl (C=O) groups excluding carboxylic acids is 1. The lowest BCUT2D eigenvalue weighted by Gasteiger charge is -2.06. The molecule has 0 radical (unpaired) electrons. The van der Waals surface area contributed by atoms with Gasteiger partial charge < -0.3 is 4.74 Å². The summed E-state index contributed by atoms with van der Waals surface area (Å²) in [6, 6.07) is 11.5. The molecule has 0 unspecified atom stereocenters. The number of ether oxygens (including phenoxy) is 1. The molecule has 6 heteroatoms. The van der Waals surface area contributed by atoms with Crippen LogP contribution in [0.3, 0.4) is 0 Å². The number of amides is 1. The van der Waals surface area contributed by atoms with Gasteiger partial charge in [0.15, 0.2) is 11.7 Å². The topological polar surface area (TPSA) is 51.2 Å². The number of aromatic nitrogens is 1. The number of thiazole rings is 1. The molecule has 124 valence electrons. The SMILES string of the molecule is CCc1ccc(OCC(=O)Nc2nc3cc(Cl)c(C)cc3s2)cc1. The molecule has 0 aliphatic heterocycles. The van der Waals surface area contributed by atoms with Crippen LogP contribution >= 0.6 is 22.9 Å². The predicted molar refractivity (Wildman–Crippen MR) is 99.3 cm³/mol. The molecule has 1 aromatic heterocycles. The first-order chi connectivity index (χ1) is 11.5. The standard InChI is InChI=1S/C18H17ClN2O2S/c1-3-12-4-6-13(7-5-12)23-10-17(22)21-18-20-15-9-14(19)11(2)8-16(15)24-18/h4-9H,3,10H2,1-2H3,(H,20,21,22). The Bertz CT molecular complexity index is 836. The van der Waals surface area contributed by atoms with Gasteiger partial charge in [-0.15, -0.1) is 0 Å². The number of hydrogen-bond donors (Lipinski definition) is 1. The van der Waals surface area contributed by atoms with Crippen LogP contribution in [0.1, 0.15) is 18.1 Å². The van der Waals surface area contributed by atoms with Crippen LogP contribution in [0.5, 0.6) is 5.75 Å². The molecule has 2 aromatic carbocycles. The van der Waals surface area contributed by atoms with Crippen molar-refractivity contribution in [3.05, 3.63) is 52.5 Å². The lowest BCUT2D eigenvalue weighted by Crippen LogP contribution is -2.19. The minimum atomic E-state index is -0.239. The van der Waals surface area contributed by atoms with E-state index in [4.69, 9.17) is 16.3 Å². The molecule has 3 rings (SSSR count). The first-order valence-corrected chi connectivity index (χ1v) is 8.83. The lowest BCUT2D eigenvalue weighted by molar-refractivity contribution is -0.118. The Kier molecular flexibility index (Phi) is 5.02. The number of aryl methyl sites for hydroxylation is 2. The Morgan fingerprint density at radius 1 is 1.29 bits per heavy atom.